The summed E-state index contributed by atoms with van der Waals surface area (Å²) in [5.41, 5.74) is 0.553. The van der Waals surface area contributed by atoms with Gasteiger partial charge in [0.25, 0.3) is 0 Å². The van der Waals surface area contributed by atoms with Crippen molar-refractivity contribution >= 4 is 5.97 Å². The lowest BCUT2D eigenvalue weighted by molar-refractivity contribution is -0.153. The molecule has 0 spiro atoms. The van der Waals surface area contributed by atoms with Gasteiger partial charge in [0.2, 0.25) is 6.10 Å². The molecule has 0 amide bonds. The number of terminal acetylenes is 1. The summed E-state index contributed by atoms with van der Waals surface area (Å²) < 4.78 is 11.2. The first-order valence-corrected chi connectivity index (χ1v) is 8.41. The molecule has 0 bridgehead atoms. The number of carbonyl (C=O) groups is 1. The van der Waals surface area contributed by atoms with Crippen molar-refractivity contribution in [3.8, 4) is 29.9 Å². The van der Waals surface area contributed by atoms with Gasteiger partial charge in [-0.25, -0.2) is 0 Å². The lowest BCUT2D eigenvalue weighted by Gasteiger charge is -2.19. The van der Waals surface area contributed by atoms with E-state index in [0.29, 0.717) is 17.1 Å². The SMILES string of the molecule is C#CCC(C(=O)OC(C#N)c1cccc(Oc2ccccc2)c1)C(C)C. The number of benzene rings is 2. The molecular weight excluding hydrogens is 326 g/mol. The molecule has 0 aromatic heterocycles. The number of ether oxygens (including phenoxy) is 2. The highest BCUT2D eigenvalue weighted by molar-refractivity contribution is 5.73. The van der Waals surface area contributed by atoms with E-state index in [1.54, 1.807) is 24.3 Å². The van der Waals surface area contributed by atoms with Crippen LogP contribution in [0.1, 0.15) is 31.9 Å². The summed E-state index contributed by atoms with van der Waals surface area (Å²) in [7, 11) is 0. The van der Waals surface area contributed by atoms with Gasteiger partial charge in [-0.05, 0) is 30.2 Å². The van der Waals surface area contributed by atoms with Crippen LogP contribution in [0.5, 0.6) is 11.5 Å². The van der Waals surface area contributed by atoms with Crippen molar-refractivity contribution in [3.63, 3.8) is 0 Å². The number of para-hydroxylation sites is 1. The van der Waals surface area contributed by atoms with Crippen LogP contribution in [0.2, 0.25) is 0 Å². The van der Waals surface area contributed by atoms with Crippen LogP contribution in [0.25, 0.3) is 0 Å². The minimum absolute atomic E-state index is 0.0330. The third kappa shape index (κ3) is 5.13. The molecule has 0 aliphatic carbocycles. The molecule has 0 radical (unpaired) electrons. The normalized spacial score (nSPS) is 12.5. The second-order valence-electron chi connectivity index (χ2n) is 6.19. The van der Waals surface area contributed by atoms with Crippen molar-refractivity contribution in [3.05, 3.63) is 60.2 Å². The summed E-state index contributed by atoms with van der Waals surface area (Å²) in [6.07, 6.45) is 4.60. The fourth-order valence-electron chi connectivity index (χ4n) is 2.46. The lowest BCUT2D eigenvalue weighted by Crippen LogP contribution is -2.24. The lowest BCUT2D eigenvalue weighted by atomic mass is 9.93. The molecule has 2 aromatic rings. The van der Waals surface area contributed by atoms with E-state index in [9.17, 15) is 10.1 Å². The van der Waals surface area contributed by atoms with Crippen LogP contribution in [-0.2, 0) is 9.53 Å². The zero-order valence-corrected chi connectivity index (χ0v) is 14.9. The number of nitriles is 1. The van der Waals surface area contributed by atoms with Crippen molar-refractivity contribution in [2.24, 2.45) is 11.8 Å². The van der Waals surface area contributed by atoms with Gasteiger partial charge >= 0.3 is 5.97 Å². The van der Waals surface area contributed by atoms with Crippen molar-refractivity contribution in [1.29, 1.82) is 5.26 Å². The fourth-order valence-corrected chi connectivity index (χ4v) is 2.46. The standard InChI is InChI=1S/C22H21NO3/c1-4-9-20(16(2)3)22(24)26-21(15-23)17-10-8-13-19(14-17)25-18-11-6-5-7-12-18/h1,5-8,10-14,16,20-21H,9H2,2-3H3. The largest absolute Gasteiger partial charge is 0.457 e. The van der Waals surface area contributed by atoms with E-state index >= 15 is 0 Å². The van der Waals surface area contributed by atoms with E-state index in [4.69, 9.17) is 15.9 Å². The van der Waals surface area contributed by atoms with Crippen LogP contribution < -0.4 is 4.74 Å². The average molecular weight is 347 g/mol. The Kier molecular flexibility index (Phi) is 6.83. The van der Waals surface area contributed by atoms with Gasteiger partial charge in [0.1, 0.15) is 17.6 Å². The molecule has 0 saturated carbocycles. The second kappa shape index (κ2) is 9.30. The molecule has 132 valence electrons. The van der Waals surface area contributed by atoms with Gasteiger partial charge < -0.3 is 9.47 Å². The van der Waals surface area contributed by atoms with Gasteiger partial charge in [-0.1, -0.05) is 44.2 Å². The first-order chi connectivity index (χ1) is 12.5. The van der Waals surface area contributed by atoms with E-state index < -0.39 is 18.0 Å². The number of esters is 1. The molecule has 2 unspecified atom stereocenters. The Labute approximate surface area is 154 Å². The molecule has 2 rings (SSSR count). The molecule has 0 aliphatic rings. The van der Waals surface area contributed by atoms with Crippen LogP contribution >= 0.6 is 0 Å². The highest BCUT2D eigenvalue weighted by atomic mass is 16.5. The maximum absolute atomic E-state index is 12.4. The molecule has 0 heterocycles. The van der Waals surface area contributed by atoms with E-state index in [1.165, 1.54) is 0 Å². The number of hydrogen-bond donors (Lipinski definition) is 0. The fraction of sp³-hybridized carbons (Fsp3) is 0.273. The summed E-state index contributed by atoms with van der Waals surface area (Å²) in [4.78, 5) is 12.4. The number of nitrogens with zero attached hydrogens (tertiary/aromatic N) is 1. The molecule has 0 fully saturated rings. The molecule has 2 atom stereocenters. The summed E-state index contributed by atoms with van der Waals surface area (Å²) in [5, 5.41) is 9.45. The highest BCUT2D eigenvalue weighted by Gasteiger charge is 2.26. The summed E-state index contributed by atoms with van der Waals surface area (Å²) in [6, 6.07) is 18.3. The van der Waals surface area contributed by atoms with Crippen molar-refractivity contribution < 1.29 is 14.3 Å². The number of carbonyl (C=O) groups excluding carboxylic acids is 1. The number of rotatable bonds is 7. The predicted molar refractivity (Wildman–Crippen MR) is 99.2 cm³/mol. The van der Waals surface area contributed by atoms with E-state index in [0.717, 1.165) is 0 Å². The van der Waals surface area contributed by atoms with E-state index in [2.05, 4.69) is 5.92 Å². The second-order valence-corrected chi connectivity index (χ2v) is 6.19. The Hall–Kier alpha value is -3.24. The van der Waals surface area contributed by atoms with Crippen LogP contribution in [0, 0.1) is 35.5 Å². The van der Waals surface area contributed by atoms with Crippen LogP contribution in [0.3, 0.4) is 0 Å². The van der Waals surface area contributed by atoms with Crippen LogP contribution in [0.4, 0.5) is 0 Å². The zero-order valence-electron chi connectivity index (χ0n) is 14.9. The zero-order chi connectivity index (χ0) is 18.9. The van der Waals surface area contributed by atoms with Crippen molar-refractivity contribution in [2.75, 3.05) is 0 Å². The first kappa shape index (κ1) is 19.1. The predicted octanol–water partition coefficient (Wildman–Crippen LogP) is 4.88. The summed E-state index contributed by atoms with van der Waals surface area (Å²) >= 11 is 0. The molecular formula is C22H21NO3. The summed E-state index contributed by atoms with van der Waals surface area (Å²) in [6.45, 7) is 3.80. The molecule has 26 heavy (non-hydrogen) atoms. The molecule has 4 nitrogen and oxygen atoms in total. The topological polar surface area (TPSA) is 59.3 Å². The van der Waals surface area contributed by atoms with Gasteiger partial charge in [0.15, 0.2) is 0 Å². The van der Waals surface area contributed by atoms with Gasteiger partial charge in [-0.3, -0.25) is 4.79 Å². The Morgan fingerprint density at radius 2 is 1.81 bits per heavy atom. The minimum Gasteiger partial charge on any atom is -0.457 e. The number of hydrogen-bond acceptors (Lipinski definition) is 4. The Balaban J connectivity index is 2.15. The first-order valence-electron chi connectivity index (χ1n) is 8.41. The van der Waals surface area contributed by atoms with Crippen molar-refractivity contribution in [1.82, 2.24) is 0 Å². The van der Waals surface area contributed by atoms with Crippen LogP contribution in [-0.4, -0.2) is 5.97 Å². The maximum atomic E-state index is 12.4. The maximum Gasteiger partial charge on any atom is 0.311 e. The Morgan fingerprint density at radius 1 is 1.12 bits per heavy atom. The molecule has 0 N–H and O–H groups in total. The Bertz CT molecular complexity index is 815. The minimum atomic E-state index is -1.01. The van der Waals surface area contributed by atoms with Gasteiger partial charge in [0.05, 0.1) is 5.92 Å². The molecule has 0 saturated heterocycles. The molecule has 4 heteroatoms. The molecule has 0 aliphatic heterocycles. The Morgan fingerprint density at radius 3 is 2.42 bits per heavy atom. The van der Waals surface area contributed by atoms with Crippen molar-refractivity contribution in [2.45, 2.75) is 26.4 Å². The van der Waals surface area contributed by atoms with Gasteiger partial charge in [-0.15, -0.1) is 12.3 Å². The summed E-state index contributed by atoms with van der Waals surface area (Å²) in [5.74, 6) is 2.88. The third-order valence-corrected chi connectivity index (χ3v) is 3.94. The molecule has 2 aromatic carbocycles. The average Bonchev–Trinajstić information content (AvgIpc) is 2.64. The van der Waals surface area contributed by atoms with E-state index in [-0.39, 0.29) is 12.3 Å². The monoisotopic (exact) mass is 347 g/mol. The smallest absolute Gasteiger partial charge is 0.311 e. The van der Waals surface area contributed by atoms with Gasteiger partial charge in [-0.2, -0.15) is 5.26 Å². The third-order valence-electron chi connectivity index (χ3n) is 3.94. The highest BCUT2D eigenvalue weighted by Crippen LogP contribution is 2.27. The van der Waals surface area contributed by atoms with Gasteiger partial charge in [0, 0.05) is 12.0 Å². The van der Waals surface area contributed by atoms with E-state index in [1.807, 2.05) is 50.2 Å². The quantitative estimate of drug-likeness (QED) is 0.529. The van der Waals surface area contributed by atoms with Crippen LogP contribution in [0.15, 0.2) is 54.6 Å².